The van der Waals surface area contributed by atoms with Crippen molar-refractivity contribution in [3.05, 3.63) is 0 Å². The first kappa shape index (κ1) is 13.9. The normalized spacial score (nSPS) is 15.2. The Morgan fingerprint density at radius 3 is 2.59 bits per heavy atom. The molecule has 0 unspecified atom stereocenters. The minimum absolute atomic E-state index is 0.00569. The molecule has 0 aromatic heterocycles. The number of nitrogens with one attached hydrogen (secondary N) is 1. The quantitative estimate of drug-likeness (QED) is 0.596. The van der Waals surface area contributed by atoms with Crippen molar-refractivity contribution in [3.8, 4) is 0 Å². The fraction of sp³-hybridized carbons (Fsp3) is 0.818. The van der Waals surface area contributed by atoms with E-state index < -0.39 is 0 Å². The zero-order chi connectivity index (χ0) is 12.7. The third kappa shape index (κ3) is 4.32. The topological polar surface area (TPSA) is 67.9 Å². The van der Waals surface area contributed by atoms with Gasteiger partial charge in [0.05, 0.1) is 19.1 Å². The van der Waals surface area contributed by atoms with E-state index in [1.54, 1.807) is 14.0 Å². The van der Waals surface area contributed by atoms with Crippen LogP contribution < -0.4 is 5.32 Å². The van der Waals surface area contributed by atoms with Crippen molar-refractivity contribution in [2.45, 2.75) is 6.92 Å². The van der Waals surface area contributed by atoms with Gasteiger partial charge in [-0.2, -0.15) is 0 Å². The molecule has 0 aromatic rings. The molecule has 17 heavy (non-hydrogen) atoms. The van der Waals surface area contributed by atoms with Crippen molar-refractivity contribution in [1.29, 1.82) is 0 Å². The summed E-state index contributed by atoms with van der Waals surface area (Å²) in [5, 5.41) is 3.04. The molecular weight excluding hydrogens is 224 g/mol. The number of methoxy groups -OCH3 is 1. The average molecular weight is 244 g/mol. The third-order valence-electron chi connectivity index (χ3n) is 2.63. The molecule has 1 fully saturated rings. The predicted molar refractivity (Wildman–Crippen MR) is 61.4 cm³/mol. The van der Waals surface area contributed by atoms with Gasteiger partial charge in [0.25, 0.3) is 0 Å². The Balaban J connectivity index is 2.46. The zero-order valence-corrected chi connectivity index (χ0v) is 10.4. The molecule has 0 saturated carbocycles. The molecule has 0 aliphatic carbocycles. The summed E-state index contributed by atoms with van der Waals surface area (Å²) >= 11 is 0. The highest BCUT2D eigenvalue weighted by molar-refractivity contribution is 5.84. The lowest BCUT2D eigenvalue weighted by Gasteiger charge is -2.31. The number of hydrogen-bond acceptors (Lipinski definition) is 5. The number of carbonyl (C=O) groups is 2. The number of rotatable bonds is 7. The molecule has 0 spiro atoms. The highest BCUT2D eigenvalue weighted by atomic mass is 16.5. The summed E-state index contributed by atoms with van der Waals surface area (Å²) in [6.07, 6.45) is 0. The molecule has 98 valence electrons. The maximum absolute atomic E-state index is 12.0. The molecule has 1 amide bonds. The number of hydrogen-bond donors (Lipinski definition) is 1. The minimum Gasteiger partial charge on any atom is -0.465 e. The van der Waals surface area contributed by atoms with Gasteiger partial charge in [-0.15, -0.1) is 0 Å². The molecule has 0 atom stereocenters. The Kier molecular flexibility index (Phi) is 5.93. The fourth-order valence-electron chi connectivity index (χ4n) is 1.55. The SMILES string of the molecule is CCOC(=O)CN(CCOC)C(=O)C1CNC1. The van der Waals surface area contributed by atoms with Crippen LogP contribution in [0.2, 0.25) is 0 Å². The van der Waals surface area contributed by atoms with Crippen LogP contribution >= 0.6 is 0 Å². The first-order valence-corrected chi connectivity index (χ1v) is 5.83. The lowest BCUT2D eigenvalue weighted by atomic mass is 10.0. The van der Waals surface area contributed by atoms with Gasteiger partial charge in [0.1, 0.15) is 6.54 Å². The maximum Gasteiger partial charge on any atom is 0.325 e. The second-order valence-electron chi connectivity index (χ2n) is 3.91. The molecule has 0 radical (unpaired) electrons. The van der Waals surface area contributed by atoms with E-state index in [2.05, 4.69) is 5.32 Å². The van der Waals surface area contributed by atoms with Crippen molar-refractivity contribution in [2.24, 2.45) is 5.92 Å². The number of ether oxygens (including phenoxy) is 2. The Morgan fingerprint density at radius 1 is 1.41 bits per heavy atom. The number of nitrogens with zero attached hydrogens (tertiary/aromatic N) is 1. The van der Waals surface area contributed by atoms with E-state index in [0.29, 0.717) is 32.8 Å². The Labute approximate surface area is 101 Å². The van der Waals surface area contributed by atoms with Crippen molar-refractivity contribution in [1.82, 2.24) is 10.2 Å². The summed E-state index contributed by atoms with van der Waals surface area (Å²) in [7, 11) is 1.57. The molecule has 1 N–H and O–H groups in total. The van der Waals surface area contributed by atoms with Crippen LogP contribution in [0.3, 0.4) is 0 Å². The predicted octanol–water partition coefficient (Wildman–Crippen LogP) is -0.756. The molecular formula is C11H20N2O4. The molecule has 1 aliphatic heterocycles. The molecule has 0 aromatic carbocycles. The van der Waals surface area contributed by atoms with E-state index in [1.165, 1.54) is 4.90 Å². The molecule has 1 aliphatic rings. The maximum atomic E-state index is 12.0. The van der Waals surface area contributed by atoms with Crippen LogP contribution in [0, 0.1) is 5.92 Å². The van der Waals surface area contributed by atoms with E-state index >= 15 is 0 Å². The van der Waals surface area contributed by atoms with Gasteiger partial charge in [-0.1, -0.05) is 0 Å². The van der Waals surface area contributed by atoms with E-state index in [9.17, 15) is 9.59 Å². The standard InChI is InChI=1S/C11H20N2O4/c1-3-17-10(14)8-13(4-5-16-2)11(15)9-6-12-7-9/h9,12H,3-8H2,1-2H3. The summed E-state index contributed by atoms with van der Waals surface area (Å²) in [4.78, 5) is 24.9. The Bertz CT molecular complexity index is 266. The molecule has 1 rings (SSSR count). The fourth-order valence-corrected chi connectivity index (χ4v) is 1.55. The van der Waals surface area contributed by atoms with Crippen LogP contribution in [0.1, 0.15) is 6.92 Å². The van der Waals surface area contributed by atoms with Crippen molar-refractivity contribution >= 4 is 11.9 Å². The Hall–Kier alpha value is -1.14. The summed E-state index contributed by atoms with van der Waals surface area (Å²) in [5.41, 5.74) is 0. The van der Waals surface area contributed by atoms with Gasteiger partial charge < -0.3 is 19.7 Å². The van der Waals surface area contributed by atoms with Crippen LogP contribution in [-0.4, -0.2) is 63.3 Å². The highest BCUT2D eigenvalue weighted by Gasteiger charge is 2.30. The van der Waals surface area contributed by atoms with Crippen LogP contribution in [0.25, 0.3) is 0 Å². The number of amides is 1. The van der Waals surface area contributed by atoms with Gasteiger partial charge in [0.2, 0.25) is 5.91 Å². The first-order chi connectivity index (χ1) is 8.19. The first-order valence-electron chi connectivity index (χ1n) is 5.83. The van der Waals surface area contributed by atoms with Gasteiger partial charge in [-0.05, 0) is 6.92 Å². The van der Waals surface area contributed by atoms with Crippen LogP contribution in [0.4, 0.5) is 0 Å². The van der Waals surface area contributed by atoms with Crippen LogP contribution in [-0.2, 0) is 19.1 Å². The van der Waals surface area contributed by atoms with Crippen molar-refractivity contribution in [2.75, 3.05) is 46.5 Å². The molecule has 0 bridgehead atoms. The monoisotopic (exact) mass is 244 g/mol. The zero-order valence-electron chi connectivity index (χ0n) is 10.4. The van der Waals surface area contributed by atoms with Gasteiger partial charge in [0, 0.05) is 26.7 Å². The van der Waals surface area contributed by atoms with Crippen molar-refractivity contribution in [3.63, 3.8) is 0 Å². The minimum atomic E-state index is -0.371. The molecule has 6 nitrogen and oxygen atoms in total. The number of esters is 1. The second-order valence-corrected chi connectivity index (χ2v) is 3.91. The molecule has 6 heteroatoms. The van der Waals surface area contributed by atoms with E-state index in [0.717, 1.165) is 0 Å². The average Bonchev–Trinajstić information content (AvgIpc) is 2.22. The Morgan fingerprint density at radius 2 is 2.12 bits per heavy atom. The summed E-state index contributed by atoms with van der Waals surface area (Å²) < 4.78 is 9.78. The van der Waals surface area contributed by atoms with E-state index in [1.807, 2.05) is 0 Å². The smallest absolute Gasteiger partial charge is 0.325 e. The van der Waals surface area contributed by atoms with Gasteiger partial charge in [-0.25, -0.2) is 0 Å². The number of carbonyl (C=O) groups excluding carboxylic acids is 2. The second kappa shape index (κ2) is 7.24. The van der Waals surface area contributed by atoms with E-state index in [4.69, 9.17) is 9.47 Å². The lowest BCUT2D eigenvalue weighted by Crippen LogP contribution is -2.53. The van der Waals surface area contributed by atoms with Crippen LogP contribution in [0.15, 0.2) is 0 Å². The van der Waals surface area contributed by atoms with Crippen molar-refractivity contribution < 1.29 is 19.1 Å². The van der Waals surface area contributed by atoms with E-state index in [-0.39, 0.29) is 24.3 Å². The van der Waals surface area contributed by atoms with Gasteiger partial charge in [-0.3, -0.25) is 9.59 Å². The van der Waals surface area contributed by atoms with Gasteiger partial charge in [0.15, 0.2) is 0 Å². The summed E-state index contributed by atoms with van der Waals surface area (Å²) in [5.74, 6) is -0.389. The van der Waals surface area contributed by atoms with Crippen LogP contribution in [0.5, 0.6) is 0 Å². The lowest BCUT2D eigenvalue weighted by molar-refractivity contribution is -0.151. The largest absolute Gasteiger partial charge is 0.465 e. The summed E-state index contributed by atoms with van der Waals surface area (Å²) in [6.45, 7) is 4.30. The third-order valence-corrected chi connectivity index (χ3v) is 2.63. The molecule has 1 heterocycles. The summed E-state index contributed by atoms with van der Waals surface area (Å²) in [6, 6.07) is 0. The molecule has 1 saturated heterocycles. The van der Waals surface area contributed by atoms with Gasteiger partial charge >= 0.3 is 5.97 Å². The highest BCUT2D eigenvalue weighted by Crippen LogP contribution is 2.08.